The van der Waals surface area contributed by atoms with E-state index in [9.17, 15) is 14.7 Å². The Morgan fingerprint density at radius 1 is 1.12 bits per heavy atom. The van der Waals surface area contributed by atoms with Gasteiger partial charge in [0.2, 0.25) is 11.8 Å². The molecule has 0 aliphatic carbocycles. The quantitative estimate of drug-likeness (QED) is 0.280. The van der Waals surface area contributed by atoms with Crippen molar-refractivity contribution < 1.29 is 14.6 Å². The molecule has 0 unspecified atom stereocenters. The zero-order valence-corrected chi connectivity index (χ0v) is 24.1. The Balaban J connectivity index is 1.23. The van der Waals surface area contributed by atoms with E-state index in [-0.39, 0.29) is 16.7 Å². The van der Waals surface area contributed by atoms with Crippen molar-refractivity contribution in [1.29, 1.82) is 0 Å². The number of hydrogen-bond acceptors (Lipinski definition) is 8. The fourth-order valence-electron chi connectivity index (χ4n) is 5.39. The number of piperazine rings is 1. The zero-order chi connectivity index (χ0) is 29.3. The molecule has 0 bridgehead atoms. The molecule has 41 heavy (non-hydrogen) atoms. The Kier molecular flexibility index (Phi) is 8.02. The van der Waals surface area contributed by atoms with Gasteiger partial charge in [-0.15, -0.1) is 0 Å². The highest BCUT2D eigenvalue weighted by Gasteiger charge is 2.20. The minimum atomic E-state index is -1.11. The summed E-state index contributed by atoms with van der Waals surface area (Å²) in [6.07, 6.45) is 4.50. The number of imidazole rings is 1. The van der Waals surface area contributed by atoms with Gasteiger partial charge in [0.25, 0.3) is 5.56 Å². The van der Waals surface area contributed by atoms with Crippen LogP contribution in [0.1, 0.15) is 30.1 Å². The van der Waals surface area contributed by atoms with Crippen LogP contribution in [0.4, 0.5) is 11.6 Å². The molecule has 1 atom stereocenters. The predicted octanol–water partition coefficient (Wildman–Crippen LogP) is 2.66. The van der Waals surface area contributed by atoms with Gasteiger partial charge in [-0.05, 0) is 50.1 Å². The van der Waals surface area contributed by atoms with Crippen molar-refractivity contribution in [3.8, 4) is 17.0 Å². The van der Waals surface area contributed by atoms with Crippen molar-refractivity contribution in [2.24, 2.45) is 20.0 Å². The fraction of sp³-hybridized carbons (Fsp3) is 0.448. The number of nitrogens with two attached hydrogens (primary N) is 1. The second kappa shape index (κ2) is 11.7. The Hall–Kier alpha value is -4.32. The molecule has 12 nitrogen and oxygen atoms in total. The van der Waals surface area contributed by atoms with Gasteiger partial charge in [0.15, 0.2) is 0 Å². The second-order valence-electron chi connectivity index (χ2n) is 11.0. The Bertz CT molecular complexity index is 1610. The van der Waals surface area contributed by atoms with Gasteiger partial charge in [0.05, 0.1) is 40.5 Å². The first-order chi connectivity index (χ1) is 19.6. The second-order valence-corrected chi connectivity index (χ2v) is 11.0. The smallest absolute Gasteiger partial charge is 0.337 e. The molecule has 1 aliphatic heterocycles. The number of likely N-dealkylation sites (N-methyl/N-ethyl adjacent to an activating group) is 1. The summed E-state index contributed by atoms with van der Waals surface area (Å²) in [6, 6.07) is 7.75. The molecular formula is C29H38N8O4. The highest BCUT2D eigenvalue weighted by Crippen LogP contribution is 2.29. The number of ether oxygens (including phenoxy) is 1. The van der Waals surface area contributed by atoms with Gasteiger partial charge in [-0.3, -0.25) is 4.79 Å². The van der Waals surface area contributed by atoms with Crippen LogP contribution in [0.15, 0.2) is 41.5 Å². The molecular weight excluding hydrogens is 524 g/mol. The molecule has 1 fully saturated rings. The lowest BCUT2D eigenvalue weighted by Crippen LogP contribution is -2.44. The SMILES string of the molecule is C[C@H](CCCOc1c(-c2cc(C(=O)O)cn(C)c2=O)cnn1C)Cn1c(N)nc2ccc(N3CCN(C)CC3)cc21. The average Bonchev–Trinajstić information content (AvgIpc) is 3.46. The highest BCUT2D eigenvalue weighted by molar-refractivity contribution is 5.89. The van der Waals surface area contributed by atoms with Crippen molar-refractivity contribution in [2.45, 2.75) is 26.3 Å². The molecule has 3 N–H and O–H groups in total. The number of benzene rings is 1. The van der Waals surface area contributed by atoms with Crippen LogP contribution in [0.2, 0.25) is 0 Å². The molecule has 4 aromatic rings. The molecule has 1 saturated heterocycles. The topological polar surface area (TPSA) is 137 Å². The van der Waals surface area contributed by atoms with E-state index in [1.165, 1.54) is 35.8 Å². The minimum absolute atomic E-state index is 0.0210. The summed E-state index contributed by atoms with van der Waals surface area (Å²) < 4.78 is 11.0. The van der Waals surface area contributed by atoms with Crippen LogP contribution in [0.5, 0.6) is 5.88 Å². The van der Waals surface area contributed by atoms with Gasteiger partial charge in [-0.1, -0.05) is 6.92 Å². The molecule has 1 aliphatic rings. The van der Waals surface area contributed by atoms with Crippen molar-refractivity contribution in [3.05, 3.63) is 52.6 Å². The van der Waals surface area contributed by atoms with Crippen molar-refractivity contribution in [2.75, 3.05) is 50.5 Å². The molecule has 0 spiro atoms. The maximum Gasteiger partial charge on any atom is 0.337 e. The standard InChI is InChI=1S/C29H38N8O4/c1-19(17-37-25-15-21(7-8-24(25)32-29(37)30)36-11-9-33(2)10-12-36)6-5-13-41-27-23(16-31-35(27)4)22-14-20(28(39)40)18-34(3)26(22)38/h7-8,14-16,18-19H,5-6,9-13,17H2,1-4H3,(H2,30,32)(H,39,40)/t19-/m1/s1. The number of rotatable bonds is 10. The number of fused-ring (bicyclic) bond motifs is 1. The number of aromatic nitrogens is 5. The van der Waals surface area contributed by atoms with Crippen LogP contribution >= 0.6 is 0 Å². The van der Waals surface area contributed by atoms with Gasteiger partial charge in [-0.25, -0.2) is 14.5 Å². The predicted molar refractivity (Wildman–Crippen MR) is 159 cm³/mol. The Morgan fingerprint density at radius 3 is 2.61 bits per heavy atom. The Labute approximate surface area is 238 Å². The van der Waals surface area contributed by atoms with E-state index in [0.29, 0.717) is 29.9 Å². The van der Waals surface area contributed by atoms with Crippen LogP contribution < -0.4 is 20.9 Å². The summed E-state index contributed by atoms with van der Waals surface area (Å²) in [5.74, 6) is 0.155. The first-order valence-corrected chi connectivity index (χ1v) is 13.9. The van der Waals surface area contributed by atoms with Crippen LogP contribution in [-0.4, -0.2) is 79.7 Å². The van der Waals surface area contributed by atoms with Gasteiger partial charge >= 0.3 is 5.97 Å². The van der Waals surface area contributed by atoms with E-state index < -0.39 is 5.97 Å². The number of carboxylic acids is 1. The van der Waals surface area contributed by atoms with E-state index in [0.717, 1.165) is 56.6 Å². The first-order valence-electron chi connectivity index (χ1n) is 13.9. The number of aromatic carboxylic acids is 1. The normalized spacial score (nSPS) is 15.0. The molecule has 1 aromatic carbocycles. The number of pyridine rings is 1. The maximum absolute atomic E-state index is 12.8. The molecule has 0 radical (unpaired) electrons. The van der Waals surface area contributed by atoms with Crippen LogP contribution in [0.3, 0.4) is 0 Å². The number of aryl methyl sites for hydroxylation is 2. The minimum Gasteiger partial charge on any atom is -0.478 e. The summed E-state index contributed by atoms with van der Waals surface area (Å²) in [7, 11) is 5.41. The van der Waals surface area contributed by atoms with Gasteiger partial charge in [0, 0.05) is 58.7 Å². The number of carboxylic acid groups (broad SMARTS) is 1. The van der Waals surface area contributed by atoms with Crippen molar-refractivity contribution >= 4 is 28.6 Å². The Morgan fingerprint density at radius 2 is 1.88 bits per heavy atom. The van der Waals surface area contributed by atoms with Gasteiger partial charge in [-0.2, -0.15) is 5.10 Å². The van der Waals surface area contributed by atoms with Crippen molar-refractivity contribution in [1.82, 2.24) is 28.8 Å². The molecule has 3 aromatic heterocycles. The summed E-state index contributed by atoms with van der Waals surface area (Å²) in [5.41, 5.74) is 9.90. The molecule has 218 valence electrons. The highest BCUT2D eigenvalue weighted by atomic mass is 16.5. The fourth-order valence-corrected chi connectivity index (χ4v) is 5.39. The summed E-state index contributed by atoms with van der Waals surface area (Å²) in [4.78, 5) is 33.7. The third-order valence-corrected chi connectivity index (χ3v) is 7.81. The third kappa shape index (κ3) is 5.92. The van der Waals surface area contributed by atoms with E-state index >= 15 is 0 Å². The summed E-state index contributed by atoms with van der Waals surface area (Å²) in [6.45, 7) is 7.44. The first kappa shape index (κ1) is 28.2. The number of nitrogen functional groups attached to an aromatic ring is 1. The molecule has 0 amide bonds. The van der Waals surface area contributed by atoms with Crippen molar-refractivity contribution in [3.63, 3.8) is 0 Å². The van der Waals surface area contributed by atoms with Crippen LogP contribution in [0, 0.1) is 5.92 Å². The maximum atomic E-state index is 12.8. The number of carbonyl (C=O) groups is 1. The molecule has 5 rings (SSSR count). The average molecular weight is 563 g/mol. The van der Waals surface area contributed by atoms with E-state index in [1.807, 2.05) is 0 Å². The largest absolute Gasteiger partial charge is 0.478 e. The van der Waals surface area contributed by atoms with E-state index in [1.54, 1.807) is 11.7 Å². The molecule has 0 saturated carbocycles. The lowest BCUT2D eigenvalue weighted by Gasteiger charge is -2.34. The van der Waals surface area contributed by atoms with Crippen LogP contribution in [-0.2, 0) is 20.6 Å². The van der Waals surface area contributed by atoms with Crippen LogP contribution in [0.25, 0.3) is 22.2 Å². The number of nitrogens with zero attached hydrogens (tertiary/aromatic N) is 7. The molecule has 12 heteroatoms. The summed E-state index contributed by atoms with van der Waals surface area (Å²) in [5, 5.41) is 13.7. The van der Waals surface area contributed by atoms with Gasteiger partial charge in [0.1, 0.15) is 0 Å². The lowest BCUT2D eigenvalue weighted by atomic mass is 10.1. The zero-order valence-electron chi connectivity index (χ0n) is 24.1. The third-order valence-electron chi connectivity index (χ3n) is 7.81. The number of hydrogen-bond donors (Lipinski definition) is 2. The summed E-state index contributed by atoms with van der Waals surface area (Å²) >= 11 is 0. The van der Waals surface area contributed by atoms with E-state index in [4.69, 9.17) is 10.5 Å². The number of anilines is 2. The lowest BCUT2D eigenvalue weighted by molar-refractivity contribution is 0.0696. The monoisotopic (exact) mass is 562 g/mol. The van der Waals surface area contributed by atoms with E-state index in [2.05, 4.69) is 56.6 Å². The van der Waals surface area contributed by atoms with Gasteiger partial charge < -0.3 is 34.5 Å². The molecule has 4 heterocycles.